The zero-order valence-corrected chi connectivity index (χ0v) is 12.0. The van der Waals surface area contributed by atoms with Crippen molar-refractivity contribution >= 4 is 21.4 Å². The summed E-state index contributed by atoms with van der Waals surface area (Å²) < 4.78 is 28.7. The third-order valence-electron chi connectivity index (χ3n) is 3.46. The molecule has 108 valence electrons. The average Bonchev–Trinajstić information content (AvgIpc) is 2.90. The third-order valence-corrected chi connectivity index (χ3v) is 4.69. The van der Waals surface area contributed by atoms with E-state index in [2.05, 4.69) is 5.43 Å². The Kier molecular flexibility index (Phi) is 3.96. The molecular weight excluding hydrogens is 290 g/mol. The molecular formula is C16H14F2N2S. The lowest BCUT2D eigenvalue weighted by Gasteiger charge is -2.15. The van der Waals surface area contributed by atoms with Crippen LogP contribution in [0.5, 0.6) is 0 Å². The van der Waals surface area contributed by atoms with Gasteiger partial charge in [0.05, 0.1) is 6.04 Å². The average molecular weight is 304 g/mol. The molecule has 3 N–H and O–H groups in total. The molecule has 3 rings (SSSR count). The fourth-order valence-corrected chi connectivity index (χ4v) is 3.47. The summed E-state index contributed by atoms with van der Waals surface area (Å²) in [6.45, 7) is 0. The van der Waals surface area contributed by atoms with Gasteiger partial charge in [0.2, 0.25) is 0 Å². The van der Waals surface area contributed by atoms with Gasteiger partial charge in [0.1, 0.15) is 11.6 Å². The number of nitrogens with one attached hydrogen (secondary N) is 1. The molecule has 5 heteroatoms. The maximum absolute atomic E-state index is 13.8. The van der Waals surface area contributed by atoms with Crippen molar-refractivity contribution in [2.75, 3.05) is 0 Å². The minimum atomic E-state index is -0.545. The topological polar surface area (TPSA) is 38.0 Å². The van der Waals surface area contributed by atoms with Crippen molar-refractivity contribution in [3.8, 4) is 0 Å². The Bertz CT molecular complexity index is 717. The molecule has 0 saturated heterocycles. The number of hydrazine groups is 1. The Morgan fingerprint density at radius 1 is 1.05 bits per heavy atom. The summed E-state index contributed by atoms with van der Waals surface area (Å²) in [6, 6.07) is 13.5. The van der Waals surface area contributed by atoms with Crippen LogP contribution in [0.15, 0.2) is 48.5 Å². The molecule has 1 unspecified atom stereocenters. The fourth-order valence-electron chi connectivity index (χ4n) is 2.35. The molecule has 0 amide bonds. The second kappa shape index (κ2) is 5.89. The molecule has 0 saturated carbocycles. The number of nitrogens with two attached hydrogens (primary N) is 1. The van der Waals surface area contributed by atoms with Crippen molar-refractivity contribution in [1.29, 1.82) is 0 Å². The molecule has 21 heavy (non-hydrogen) atoms. The number of thiophene rings is 1. The van der Waals surface area contributed by atoms with Crippen molar-refractivity contribution in [2.45, 2.75) is 12.5 Å². The number of hydrogen-bond donors (Lipinski definition) is 2. The second-order valence-electron chi connectivity index (χ2n) is 4.81. The number of rotatable bonds is 4. The highest BCUT2D eigenvalue weighted by Gasteiger charge is 2.18. The van der Waals surface area contributed by atoms with Crippen molar-refractivity contribution in [3.63, 3.8) is 0 Å². The zero-order chi connectivity index (χ0) is 14.8. The second-order valence-corrected chi connectivity index (χ2v) is 5.93. The van der Waals surface area contributed by atoms with Crippen LogP contribution in [0.3, 0.4) is 0 Å². The molecule has 0 aliphatic carbocycles. The standard InChI is InChI=1S/C16H14F2N2S/c17-12-5-3-6-13(18)11(12)9-14(20-19)16-8-10-4-1-2-7-15(10)21-16/h1-8,14,20H,9,19H2. The van der Waals surface area contributed by atoms with Gasteiger partial charge >= 0.3 is 0 Å². The smallest absolute Gasteiger partial charge is 0.129 e. The number of benzene rings is 2. The van der Waals surface area contributed by atoms with Crippen molar-refractivity contribution in [2.24, 2.45) is 5.84 Å². The van der Waals surface area contributed by atoms with Crippen LogP contribution in [-0.2, 0) is 6.42 Å². The van der Waals surface area contributed by atoms with Gasteiger partial charge in [0.15, 0.2) is 0 Å². The molecule has 1 atom stereocenters. The summed E-state index contributed by atoms with van der Waals surface area (Å²) in [5, 5.41) is 1.10. The van der Waals surface area contributed by atoms with Crippen LogP contribution in [0.1, 0.15) is 16.5 Å². The van der Waals surface area contributed by atoms with Crippen molar-refractivity contribution in [3.05, 3.63) is 70.6 Å². The Hall–Kier alpha value is -1.82. The normalized spacial score (nSPS) is 12.7. The lowest BCUT2D eigenvalue weighted by atomic mass is 10.0. The maximum Gasteiger partial charge on any atom is 0.129 e. The van der Waals surface area contributed by atoms with Crippen LogP contribution in [0.4, 0.5) is 8.78 Å². The molecule has 0 bridgehead atoms. The molecule has 0 aliphatic heterocycles. The number of halogens is 2. The van der Waals surface area contributed by atoms with E-state index in [1.807, 2.05) is 30.3 Å². The largest absolute Gasteiger partial charge is 0.271 e. The highest BCUT2D eigenvalue weighted by molar-refractivity contribution is 7.19. The maximum atomic E-state index is 13.8. The van der Waals surface area contributed by atoms with E-state index >= 15 is 0 Å². The molecule has 0 fully saturated rings. The van der Waals surface area contributed by atoms with E-state index in [0.29, 0.717) is 0 Å². The minimum Gasteiger partial charge on any atom is -0.271 e. The summed E-state index contributed by atoms with van der Waals surface area (Å²) in [5.41, 5.74) is 2.71. The molecule has 3 aromatic rings. The Labute approximate surface area is 125 Å². The van der Waals surface area contributed by atoms with Gasteiger partial charge in [-0.05, 0) is 36.1 Å². The van der Waals surface area contributed by atoms with Gasteiger partial charge in [-0.25, -0.2) is 8.78 Å². The van der Waals surface area contributed by atoms with E-state index in [0.717, 1.165) is 15.0 Å². The van der Waals surface area contributed by atoms with Gasteiger partial charge in [0, 0.05) is 15.1 Å². The third kappa shape index (κ3) is 2.81. The van der Waals surface area contributed by atoms with Crippen LogP contribution in [-0.4, -0.2) is 0 Å². The monoisotopic (exact) mass is 304 g/mol. The number of hydrogen-bond acceptors (Lipinski definition) is 3. The van der Waals surface area contributed by atoms with Crippen LogP contribution >= 0.6 is 11.3 Å². The highest BCUT2D eigenvalue weighted by Crippen LogP contribution is 2.31. The highest BCUT2D eigenvalue weighted by atomic mass is 32.1. The molecule has 0 aliphatic rings. The van der Waals surface area contributed by atoms with Crippen molar-refractivity contribution < 1.29 is 8.78 Å². The van der Waals surface area contributed by atoms with Crippen molar-refractivity contribution in [1.82, 2.24) is 5.43 Å². The first kappa shape index (κ1) is 14.1. The Morgan fingerprint density at radius 3 is 2.43 bits per heavy atom. The van der Waals surface area contributed by atoms with Gasteiger partial charge in [-0.2, -0.15) is 0 Å². The molecule has 1 heterocycles. The predicted octanol–water partition coefficient (Wildman–Crippen LogP) is 3.93. The lowest BCUT2D eigenvalue weighted by molar-refractivity contribution is 0.504. The first-order valence-electron chi connectivity index (χ1n) is 6.56. The van der Waals surface area contributed by atoms with Crippen LogP contribution in [0.2, 0.25) is 0 Å². The Morgan fingerprint density at radius 2 is 1.76 bits per heavy atom. The van der Waals surface area contributed by atoms with Gasteiger partial charge in [0.25, 0.3) is 0 Å². The number of fused-ring (bicyclic) bond motifs is 1. The fraction of sp³-hybridized carbons (Fsp3) is 0.125. The minimum absolute atomic E-state index is 0.0536. The summed E-state index contributed by atoms with van der Waals surface area (Å²) in [4.78, 5) is 0.960. The SMILES string of the molecule is NNC(Cc1c(F)cccc1F)c1cc2ccccc2s1. The van der Waals surface area contributed by atoms with Gasteiger partial charge in [-0.3, -0.25) is 11.3 Å². The van der Waals surface area contributed by atoms with E-state index in [4.69, 9.17) is 5.84 Å². The van der Waals surface area contributed by atoms with Gasteiger partial charge in [-0.15, -0.1) is 11.3 Å². The molecule has 1 aromatic heterocycles. The molecule has 0 radical (unpaired) electrons. The van der Waals surface area contributed by atoms with Gasteiger partial charge < -0.3 is 0 Å². The summed E-state index contributed by atoms with van der Waals surface area (Å²) in [5.74, 6) is 4.50. The quantitative estimate of drug-likeness (QED) is 0.566. The predicted molar refractivity (Wildman–Crippen MR) is 82.0 cm³/mol. The summed E-state index contributed by atoms with van der Waals surface area (Å²) in [6.07, 6.45) is 0.168. The van der Waals surface area contributed by atoms with Crippen LogP contribution in [0, 0.1) is 11.6 Å². The first-order chi connectivity index (χ1) is 10.2. The van der Waals surface area contributed by atoms with Crippen LogP contribution in [0.25, 0.3) is 10.1 Å². The summed E-state index contributed by atoms with van der Waals surface area (Å²) in [7, 11) is 0. The van der Waals surface area contributed by atoms with Gasteiger partial charge in [-0.1, -0.05) is 24.3 Å². The van der Waals surface area contributed by atoms with E-state index < -0.39 is 11.6 Å². The van der Waals surface area contributed by atoms with E-state index in [1.165, 1.54) is 18.2 Å². The van der Waals surface area contributed by atoms with E-state index in [9.17, 15) is 8.78 Å². The molecule has 2 nitrogen and oxygen atoms in total. The van der Waals surface area contributed by atoms with E-state index in [-0.39, 0.29) is 18.0 Å². The summed E-state index contributed by atoms with van der Waals surface area (Å²) >= 11 is 1.57. The molecule has 2 aromatic carbocycles. The van der Waals surface area contributed by atoms with E-state index in [1.54, 1.807) is 11.3 Å². The Balaban J connectivity index is 1.95. The zero-order valence-electron chi connectivity index (χ0n) is 11.1. The lowest BCUT2D eigenvalue weighted by Crippen LogP contribution is -2.29. The van der Waals surface area contributed by atoms with Crippen LogP contribution < -0.4 is 11.3 Å². The molecule has 0 spiro atoms. The first-order valence-corrected chi connectivity index (χ1v) is 7.38.